The summed E-state index contributed by atoms with van der Waals surface area (Å²) >= 11 is 0. The number of nitriles is 1. The number of carbonyl (C=O) groups is 1. The Morgan fingerprint density at radius 2 is 1.81 bits per heavy atom. The summed E-state index contributed by atoms with van der Waals surface area (Å²) in [5, 5.41) is 9.24. The van der Waals surface area contributed by atoms with Gasteiger partial charge in [-0.05, 0) is 19.8 Å². The molecule has 0 N–H and O–H groups in total. The standard InChI is InChI=1S/C12H17NO3/c1-10(14)8-11(9-13)2-4-12(5-3-11)15-6-7-16-12/h2-8H2,1H3. The normalized spacial score (nSPS) is 26.5. The van der Waals surface area contributed by atoms with E-state index in [2.05, 4.69) is 6.07 Å². The predicted molar refractivity (Wildman–Crippen MR) is 56.4 cm³/mol. The molecule has 4 nitrogen and oxygen atoms in total. The maximum absolute atomic E-state index is 11.2. The highest BCUT2D eigenvalue weighted by molar-refractivity contribution is 5.76. The molecule has 0 aromatic heterocycles. The van der Waals surface area contributed by atoms with Gasteiger partial charge in [-0.15, -0.1) is 0 Å². The lowest BCUT2D eigenvalue weighted by molar-refractivity contribution is -0.188. The Bertz CT molecular complexity index is 316. The Balaban J connectivity index is 2.01. The molecule has 4 heteroatoms. The van der Waals surface area contributed by atoms with E-state index in [1.54, 1.807) is 6.92 Å². The molecule has 1 spiro atoms. The van der Waals surface area contributed by atoms with Crippen molar-refractivity contribution in [1.29, 1.82) is 5.26 Å². The molecule has 0 unspecified atom stereocenters. The lowest BCUT2D eigenvalue weighted by Crippen LogP contribution is -2.40. The fourth-order valence-electron chi connectivity index (χ4n) is 2.70. The molecule has 2 rings (SSSR count). The maximum Gasteiger partial charge on any atom is 0.168 e. The number of rotatable bonds is 2. The van der Waals surface area contributed by atoms with E-state index >= 15 is 0 Å². The largest absolute Gasteiger partial charge is 0.348 e. The summed E-state index contributed by atoms with van der Waals surface area (Å²) in [5.74, 6) is -0.359. The van der Waals surface area contributed by atoms with Crippen LogP contribution in [0.2, 0.25) is 0 Å². The topological polar surface area (TPSA) is 59.3 Å². The van der Waals surface area contributed by atoms with E-state index in [4.69, 9.17) is 9.47 Å². The summed E-state index contributed by atoms with van der Waals surface area (Å²) < 4.78 is 11.2. The van der Waals surface area contributed by atoms with Crippen LogP contribution in [0.4, 0.5) is 0 Å². The summed E-state index contributed by atoms with van der Waals surface area (Å²) in [7, 11) is 0. The van der Waals surface area contributed by atoms with Gasteiger partial charge in [0.1, 0.15) is 5.78 Å². The second-order valence-electron chi connectivity index (χ2n) is 4.88. The Kier molecular flexibility index (Phi) is 3.00. The number of nitrogens with zero attached hydrogens (tertiary/aromatic N) is 1. The van der Waals surface area contributed by atoms with Crippen molar-refractivity contribution in [2.24, 2.45) is 5.41 Å². The van der Waals surface area contributed by atoms with Gasteiger partial charge in [-0.2, -0.15) is 5.26 Å². The number of hydrogen-bond donors (Lipinski definition) is 0. The summed E-state index contributed by atoms with van der Waals surface area (Å²) in [6.07, 6.45) is 3.22. The maximum atomic E-state index is 11.2. The Hall–Kier alpha value is -0.920. The van der Waals surface area contributed by atoms with Gasteiger partial charge in [0.15, 0.2) is 5.79 Å². The molecule has 1 saturated carbocycles. The first-order valence-corrected chi connectivity index (χ1v) is 5.78. The van der Waals surface area contributed by atoms with Gasteiger partial charge in [0, 0.05) is 19.3 Å². The molecule has 0 bridgehead atoms. The van der Waals surface area contributed by atoms with E-state index in [1.807, 2.05) is 0 Å². The van der Waals surface area contributed by atoms with Crippen molar-refractivity contribution in [2.45, 2.75) is 44.8 Å². The molecule has 1 aliphatic heterocycles. The molecule has 0 atom stereocenters. The number of carbonyl (C=O) groups excluding carboxylic acids is 1. The van der Waals surface area contributed by atoms with Crippen LogP contribution < -0.4 is 0 Å². The van der Waals surface area contributed by atoms with Crippen LogP contribution in [0.1, 0.15) is 39.0 Å². The average Bonchev–Trinajstić information content (AvgIpc) is 2.71. The molecule has 16 heavy (non-hydrogen) atoms. The summed E-state index contributed by atoms with van der Waals surface area (Å²) in [4.78, 5) is 11.2. The van der Waals surface area contributed by atoms with Crippen molar-refractivity contribution in [1.82, 2.24) is 0 Å². The van der Waals surface area contributed by atoms with Crippen molar-refractivity contribution < 1.29 is 14.3 Å². The molecule has 1 saturated heterocycles. The highest BCUT2D eigenvalue weighted by Gasteiger charge is 2.46. The zero-order valence-corrected chi connectivity index (χ0v) is 9.62. The Labute approximate surface area is 95.5 Å². The number of ether oxygens (including phenoxy) is 2. The average molecular weight is 223 g/mol. The molecule has 1 aliphatic carbocycles. The third-order valence-electron chi connectivity index (χ3n) is 3.61. The second kappa shape index (κ2) is 4.15. The first-order chi connectivity index (χ1) is 7.60. The van der Waals surface area contributed by atoms with Crippen LogP contribution in [-0.4, -0.2) is 24.8 Å². The minimum atomic E-state index is -0.480. The minimum absolute atomic E-state index is 0.0887. The van der Waals surface area contributed by atoms with Crippen molar-refractivity contribution in [3.05, 3.63) is 0 Å². The zero-order chi connectivity index (χ0) is 11.6. The van der Waals surface area contributed by atoms with Crippen molar-refractivity contribution in [3.8, 4) is 6.07 Å². The molecule has 2 aliphatic rings. The van der Waals surface area contributed by atoms with Gasteiger partial charge in [-0.3, -0.25) is 4.79 Å². The van der Waals surface area contributed by atoms with Crippen LogP contribution in [0.25, 0.3) is 0 Å². The van der Waals surface area contributed by atoms with Gasteiger partial charge in [-0.25, -0.2) is 0 Å². The van der Waals surface area contributed by atoms with Gasteiger partial charge in [-0.1, -0.05) is 0 Å². The summed E-state index contributed by atoms with van der Waals surface area (Å²) in [6.45, 7) is 2.84. The molecule has 2 fully saturated rings. The van der Waals surface area contributed by atoms with Crippen molar-refractivity contribution >= 4 is 5.78 Å². The van der Waals surface area contributed by atoms with Gasteiger partial charge >= 0.3 is 0 Å². The number of ketones is 1. The molecular weight excluding hydrogens is 206 g/mol. The third-order valence-corrected chi connectivity index (χ3v) is 3.61. The van der Waals surface area contributed by atoms with Crippen LogP contribution in [0, 0.1) is 16.7 Å². The molecule has 0 aromatic rings. The fraction of sp³-hybridized carbons (Fsp3) is 0.833. The monoisotopic (exact) mass is 223 g/mol. The summed E-state index contributed by atoms with van der Waals surface area (Å²) in [5.41, 5.74) is -0.480. The van der Waals surface area contributed by atoms with E-state index in [-0.39, 0.29) is 5.78 Å². The van der Waals surface area contributed by atoms with Crippen LogP contribution in [0.3, 0.4) is 0 Å². The van der Waals surface area contributed by atoms with Crippen LogP contribution in [-0.2, 0) is 14.3 Å². The predicted octanol–water partition coefficient (Wildman–Crippen LogP) is 1.79. The molecule has 88 valence electrons. The van der Waals surface area contributed by atoms with E-state index in [1.165, 1.54) is 0 Å². The molecule has 0 radical (unpaired) electrons. The third kappa shape index (κ3) is 2.11. The highest BCUT2D eigenvalue weighted by atomic mass is 16.7. The highest BCUT2D eigenvalue weighted by Crippen LogP contribution is 2.46. The molecule has 0 aromatic carbocycles. The fourth-order valence-corrected chi connectivity index (χ4v) is 2.70. The zero-order valence-electron chi connectivity index (χ0n) is 9.62. The SMILES string of the molecule is CC(=O)CC1(C#N)CCC2(CC1)OCCO2. The lowest BCUT2D eigenvalue weighted by Gasteiger charge is -2.39. The van der Waals surface area contributed by atoms with Gasteiger partial charge < -0.3 is 9.47 Å². The smallest absolute Gasteiger partial charge is 0.168 e. The van der Waals surface area contributed by atoms with Crippen molar-refractivity contribution in [2.75, 3.05) is 13.2 Å². The second-order valence-corrected chi connectivity index (χ2v) is 4.88. The molecule has 0 amide bonds. The quantitative estimate of drug-likeness (QED) is 0.716. The summed E-state index contributed by atoms with van der Waals surface area (Å²) in [6, 6.07) is 2.32. The van der Waals surface area contributed by atoms with E-state index < -0.39 is 11.2 Å². The first kappa shape index (κ1) is 11.6. The Morgan fingerprint density at radius 3 is 2.25 bits per heavy atom. The van der Waals surface area contributed by atoms with Crippen LogP contribution in [0.5, 0.6) is 0 Å². The van der Waals surface area contributed by atoms with E-state index in [0.29, 0.717) is 32.5 Å². The lowest BCUT2D eigenvalue weighted by atomic mass is 9.70. The first-order valence-electron chi connectivity index (χ1n) is 5.78. The van der Waals surface area contributed by atoms with Crippen LogP contribution in [0.15, 0.2) is 0 Å². The van der Waals surface area contributed by atoms with E-state index in [9.17, 15) is 10.1 Å². The van der Waals surface area contributed by atoms with Gasteiger partial charge in [0.05, 0.1) is 24.7 Å². The van der Waals surface area contributed by atoms with Crippen molar-refractivity contribution in [3.63, 3.8) is 0 Å². The molecular formula is C12H17NO3. The van der Waals surface area contributed by atoms with Gasteiger partial charge in [0.25, 0.3) is 0 Å². The number of hydrogen-bond acceptors (Lipinski definition) is 4. The minimum Gasteiger partial charge on any atom is -0.348 e. The number of Topliss-reactive ketones (excluding diaryl/α,β-unsaturated/α-hetero) is 1. The van der Waals surface area contributed by atoms with Gasteiger partial charge in [0.2, 0.25) is 0 Å². The Morgan fingerprint density at radius 1 is 1.25 bits per heavy atom. The molecule has 1 heterocycles. The van der Waals surface area contributed by atoms with E-state index in [0.717, 1.165) is 12.8 Å². The van der Waals surface area contributed by atoms with Crippen LogP contribution >= 0.6 is 0 Å².